The first-order chi connectivity index (χ1) is 8.69. The van der Waals surface area contributed by atoms with Crippen molar-refractivity contribution in [1.82, 2.24) is 0 Å². The Kier molecular flexibility index (Phi) is 4.25. The summed E-state index contributed by atoms with van der Waals surface area (Å²) in [5.74, 6) is 0.502. The molecule has 1 saturated heterocycles. The van der Waals surface area contributed by atoms with Crippen LogP contribution in [0.2, 0.25) is 0 Å². The zero-order valence-corrected chi connectivity index (χ0v) is 11.2. The van der Waals surface area contributed by atoms with Crippen molar-refractivity contribution < 1.29 is 10.2 Å². The van der Waals surface area contributed by atoms with Gasteiger partial charge in [-0.05, 0) is 24.8 Å². The van der Waals surface area contributed by atoms with Gasteiger partial charge >= 0.3 is 0 Å². The van der Waals surface area contributed by atoms with E-state index in [0.29, 0.717) is 12.3 Å². The summed E-state index contributed by atoms with van der Waals surface area (Å²) < 4.78 is 0. The lowest BCUT2D eigenvalue weighted by Crippen LogP contribution is -2.35. The van der Waals surface area contributed by atoms with Gasteiger partial charge in [0.1, 0.15) is 0 Å². The molecule has 2 N–H and O–H groups in total. The molecular weight excluding hydrogens is 226 g/mol. The van der Waals surface area contributed by atoms with Crippen LogP contribution < -0.4 is 4.90 Å². The maximum Gasteiger partial charge on any atom is 0.0807 e. The molecule has 1 heterocycles. The van der Waals surface area contributed by atoms with E-state index in [1.54, 1.807) is 0 Å². The van der Waals surface area contributed by atoms with Crippen LogP contribution in [0, 0.1) is 5.92 Å². The largest absolute Gasteiger partial charge is 0.394 e. The summed E-state index contributed by atoms with van der Waals surface area (Å²) in [5.41, 5.74) is 2.06. The highest BCUT2D eigenvalue weighted by Crippen LogP contribution is 2.34. The Labute approximate surface area is 109 Å². The van der Waals surface area contributed by atoms with Crippen molar-refractivity contribution in [3.05, 3.63) is 29.8 Å². The fourth-order valence-corrected chi connectivity index (χ4v) is 2.84. The number of benzene rings is 1. The molecule has 3 atom stereocenters. The molecule has 0 amide bonds. The first-order valence-corrected chi connectivity index (χ1v) is 6.83. The van der Waals surface area contributed by atoms with Crippen molar-refractivity contribution in [2.24, 2.45) is 5.92 Å². The summed E-state index contributed by atoms with van der Waals surface area (Å²) in [5, 5.41) is 19.7. The molecule has 18 heavy (non-hydrogen) atoms. The Morgan fingerprint density at radius 3 is 2.78 bits per heavy atom. The Balaban J connectivity index is 2.33. The van der Waals surface area contributed by atoms with Gasteiger partial charge in [-0.2, -0.15) is 0 Å². The van der Waals surface area contributed by atoms with E-state index < -0.39 is 6.10 Å². The van der Waals surface area contributed by atoms with E-state index in [4.69, 9.17) is 0 Å². The predicted molar refractivity (Wildman–Crippen MR) is 73.7 cm³/mol. The van der Waals surface area contributed by atoms with Gasteiger partial charge in [-0.3, -0.25) is 0 Å². The molecule has 3 nitrogen and oxygen atoms in total. The normalized spacial score (nSPS) is 25.4. The van der Waals surface area contributed by atoms with Crippen molar-refractivity contribution in [2.75, 3.05) is 18.1 Å². The molecule has 0 aliphatic carbocycles. The molecule has 3 heteroatoms. The summed E-state index contributed by atoms with van der Waals surface area (Å²) in [6.07, 6.45) is 1.39. The SMILES string of the molecule is CCC(O)c1ccccc1N1CCC(C)C1CO. The van der Waals surface area contributed by atoms with E-state index in [1.807, 2.05) is 25.1 Å². The molecule has 0 radical (unpaired) electrons. The second kappa shape index (κ2) is 5.72. The Morgan fingerprint density at radius 1 is 1.39 bits per heavy atom. The van der Waals surface area contributed by atoms with Gasteiger partial charge in [0.05, 0.1) is 18.8 Å². The van der Waals surface area contributed by atoms with E-state index >= 15 is 0 Å². The third-order valence-corrected chi connectivity index (χ3v) is 4.06. The van der Waals surface area contributed by atoms with Gasteiger partial charge in [0, 0.05) is 17.8 Å². The Bertz CT molecular complexity index is 394. The number of para-hydroxylation sites is 1. The standard InChI is InChI=1S/C15H23NO2/c1-3-15(18)12-6-4-5-7-13(12)16-9-8-11(2)14(16)10-17/h4-7,11,14-15,17-18H,3,8-10H2,1-2H3. The van der Waals surface area contributed by atoms with Crippen LogP contribution in [0.25, 0.3) is 0 Å². The number of hydrogen-bond donors (Lipinski definition) is 2. The number of nitrogens with zero attached hydrogens (tertiary/aromatic N) is 1. The Morgan fingerprint density at radius 2 is 2.11 bits per heavy atom. The van der Waals surface area contributed by atoms with Gasteiger partial charge in [-0.25, -0.2) is 0 Å². The van der Waals surface area contributed by atoms with Crippen molar-refractivity contribution in [2.45, 2.75) is 38.8 Å². The van der Waals surface area contributed by atoms with Crippen LogP contribution in [0.5, 0.6) is 0 Å². The number of hydrogen-bond acceptors (Lipinski definition) is 3. The van der Waals surface area contributed by atoms with E-state index in [9.17, 15) is 10.2 Å². The average molecular weight is 249 g/mol. The van der Waals surface area contributed by atoms with Crippen LogP contribution in [0.1, 0.15) is 38.4 Å². The fourth-order valence-electron chi connectivity index (χ4n) is 2.84. The predicted octanol–water partition coefficient (Wildman–Crippen LogP) is 2.34. The maximum atomic E-state index is 10.1. The molecular formula is C15H23NO2. The lowest BCUT2D eigenvalue weighted by molar-refractivity contribution is 0.173. The van der Waals surface area contributed by atoms with Crippen LogP contribution in [0.3, 0.4) is 0 Å². The van der Waals surface area contributed by atoms with E-state index in [0.717, 1.165) is 24.2 Å². The lowest BCUT2D eigenvalue weighted by atomic mass is 10.0. The van der Waals surface area contributed by atoms with E-state index in [2.05, 4.69) is 17.9 Å². The molecule has 2 rings (SSSR count). The quantitative estimate of drug-likeness (QED) is 0.861. The second-order valence-corrected chi connectivity index (χ2v) is 5.19. The van der Waals surface area contributed by atoms with Crippen LogP contribution in [-0.4, -0.2) is 29.4 Å². The Hall–Kier alpha value is -1.06. The van der Waals surface area contributed by atoms with Crippen LogP contribution >= 0.6 is 0 Å². The third-order valence-electron chi connectivity index (χ3n) is 4.06. The summed E-state index contributed by atoms with van der Waals surface area (Å²) in [4.78, 5) is 2.25. The van der Waals surface area contributed by atoms with Crippen LogP contribution in [0.15, 0.2) is 24.3 Å². The molecule has 1 aliphatic heterocycles. The molecule has 1 fully saturated rings. The summed E-state index contributed by atoms with van der Waals surface area (Å²) >= 11 is 0. The summed E-state index contributed by atoms with van der Waals surface area (Å²) in [7, 11) is 0. The molecule has 0 spiro atoms. The fraction of sp³-hybridized carbons (Fsp3) is 0.600. The topological polar surface area (TPSA) is 43.7 Å². The molecule has 1 aromatic carbocycles. The van der Waals surface area contributed by atoms with Gasteiger partial charge in [-0.1, -0.05) is 32.0 Å². The third kappa shape index (κ3) is 2.38. The van der Waals surface area contributed by atoms with Gasteiger partial charge in [0.25, 0.3) is 0 Å². The maximum absolute atomic E-state index is 10.1. The number of aliphatic hydroxyl groups excluding tert-OH is 2. The van der Waals surface area contributed by atoms with Crippen LogP contribution in [0.4, 0.5) is 5.69 Å². The summed E-state index contributed by atoms with van der Waals surface area (Å²) in [6.45, 7) is 5.30. The monoisotopic (exact) mass is 249 g/mol. The minimum atomic E-state index is -0.420. The van der Waals surface area contributed by atoms with Gasteiger partial charge in [0.15, 0.2) is 0 Å². The number of aliphatic hydroxyl groups is 2. The van der Waals surface area contributed by atoms with Gasteiger partial charge in [-0.15, -0.1) is 0 Å². The molecule has 0 aromatic heterocycles. The summed E-state index contributed by atoms with van der Waals surface area (Å²) in [6, 6.07) is 8.18. The second-order valence-electron chi connectivity index (χ2n) is 5.19. The minimum absolute atomic E-state index is 0.176. The van der Waals surface area contributed by atoms with Crippen molar-refractivity contribution in [1.29, 1.82) is 0 Å². The smallest absolute Gasteiger partial charge is 0.0807 e. The molecule has 0 saturated carbocycles. The minimum Gasteiger partial charge on any atom is -0.394 e. The van der Waals surface area contributed by atoms with Crippen LogP contribution in [-0.2, 0) is 0 Å². The first kappa shape index (κ1) is 13.4. The van der Waals surface area contributed by atoms with Crippen molar-refractivity contribution in [3.8, 4) is 0 Å². The van der Waals surface area contributed by atoms with E-state index in [1.165, 1.54) is 0 Å². The zero-order valence-electron chi connectivity index (χ0n) is 11.2. The van der Waals surface area contributed by atoms with Gasteiger partial charge in [0.2, 0.25) is 0 Å². The van der Waals surface area contributed by atoms with Crippen molar-refractivity contribution in [3.63, 3.8) is 0 Å². The molecule has 100 valence electrons. The highest BCUT2D eigenvalue weighted by atomic mass is 16.3. The van der Waals surface area contributed by atoms with Crippen molar-refractivity contribution >= 4 is 5.69 Å². The number of anilines is 1. The average Bonchev–Trinajstić information content (AvgIpc) is 2.78. The molecule has 1 aliphatic rings. The zero-order chi connectivity index (χ0) is 13.1. The van der Waals surface area contributed by atoms with Gasteiger partial charge < -0.3 is 15.1 Å². The lowest BCUT2D eigenvalue weighted by Gasteiger charge is -2.30. The highest BCUT2D eigenvalue weighted by Gasteiger charge is 2.32. The highest BCUT2D eigenvalue weighted by molar-refractivity contribution is 5.56. The van der Waals surface area contributed by atoms with E-state index in [-0.39, 0.29) is 12.6 Å². The molecule has 3 unspecified atom stereocenters. The molecule has 0 bridgehead atoms. The number of rotatable bonds is 4. The first-order valence-electron chi connectivity index (χ1n) is 6.83. The molecule has 1 aromatic rings.